The maximum atomic E-state index is 13.6. The van der Waals surface area contributed by atoms with Gasteiger partial charge in [-0.3, -0.25) is 9.69 Å². The summed E-state index contributed by atoms with van der Waals surface area (Å²) in [6.07, 6.45) is 1.94. The molecule has 1 fully saturated rings. The number of rotatable bonds is 5. The van der Waals surface area contributed by atoms with Gasteiger partial charge in [-0.2, -0.15) is 0 Å². The molecule has 2 aromatic carbocycles. The molecule has 5 rings (SSSR count). The van der Waals surface area contributed by atoms with E-state index in [1.165, 1.54) is 11.3 Å². The standard InChI is InChI=1S/C23H22N2O4S/c1-14-6-3-10-19-20(14)24-23(30-19)25(13-16-8-5-11-28-16)22(26)18-12-15-7-4-9-17(27-2)21(15)29-18/h3-4,6-7,9-10,12,16H,5,8,11,13H2,1-2H3. The molecule has 0 aliphatic carbocycles. The van der Waals surface area contributed by atoms with E-state index < -0.39 is 0 Å². The quantitative estimate of drug-likeness (QED) is 0.443. The third kappa shape index (κ3) is 3.34. The van der Waals surface area contributed by atoms with Crippen LogP contribution in [0.2, 0.25) is 0 Å². The number of amides is 1. The van der Waals surface area contributed by atoms with Crippen molar-refractivity contribution >= 4 is 43.6 Å². The van der Waals surface area contributed by atoms with E-state index in [1.807, 2.05) is 43.3 Å². The van der Waals surface area contributed by atoms with Crippen LogP contribution in [-0.4, -0.2) is 37.3 Å². The lowest BCUT2D eigenvalue weighted by molar-refractivity contribution is 0.0896. The number of aryl methyl sites for hydroxylation is 1. The van der Waals surface area contributed by atoms with Crippen LogP contribution in [0.3, 0.4) is 0 Å². The number of methoxy groups -OCH3 is 1. The SMILES string of the molecule is COc1cccc2cc(C(=O)N(CC3CCCO3)c3nc4c(C)cccc4s3)oc12. The highest BCUT2D eigenvalue weighted by Crippen LogP contribution is 2.34. The summed E-state index contributed by atoms with van der Waals surface area (Å²) in [7, 11) is 1.59. The summed E-state index contributed by atoms with van der Waals surface area (Å²) < 4.78 is 18.2. The molecule has 1 aliphatic heterocycles. The van der Waals surface area contributed by atoms with Gasteiger partial charge in [-0.25, -0.2) is 4.98 Å². The molecular formula is C23H22N2O4S. The fraction of sp³-hybridized carbons (Fsp3) is 0.304. The molecule has 0 N–H and O–H groups in total. The fourth-order valence-corrected chi connectivity index (χ4v) is 4.92. The fourth-order valence-electron chi connectivity index (χ4n) is 3.87. The lowest BCUT2D eigenvalue weighted by Gasteiger charge is -2.22. The van der Waals surface area contributed by atoms with Gasteiger partial charge in [0.05, 0.1) is 30.0 Å². The molecule has 0 spiro atoms. The number of fused-ring (bicyclic) bond motifs is 2. The average molecular weight is 423 g/mol. The van der Waals surface area contributed by atoms with E-state index in [9.17, 15) is 4.79 Å². The summed E-state index contributed by atoms with van der Waals surface area (Å²) in [4.78, 5) is 20.1. The monoisotopic (exact) mass is 422 g/mol. The largest absolute Gasteiger partial charge is 0.493 e. The van der Waals surface area contributed by atoms with E-state index in [0.29, 0.717) is 23.0 Å². The molecule has 1 aliphatic rings. The van der Waals surface area contributed by atoms with Crippen LogP contribution in [0.5, 0.6) is 5.75 Å². The zero-order valence-electron chi connectivity index (χ0n) is 16.9. The molecule has 3 heterocycles. The van der Waals surface area contributed by atoms with Gasteiger partial charge < -0.3 is 13.9 Å². The lowest BCUT2D eigenvalue weighted by Crippen LogP contribution is -2.37. The van der Waals surface area contributed by atoms with Gasteiger partial charge in [-0.05, 0) is 43.5 Å². The second-order valence-corrected chi connectivity index (χ2v) is 8.47. The van der Waals surface area contributed by atoms with Gasteiger partial charge in [0.2, 0.25) is 0 Å². The van der Waals surface area contributed by atoms with E-state index in [-0.39, 0.29) is 17.8 Å². The normalized spacial score (nSPS) is 16.4. The number of thiazole rings is 1. The Bertz CT molecular complexity index is 1220. The zero-order chi connectivity index (χ0) is 20.7. The van der Waals surface area contributed by atoms with Crippen molar-refractivity contribution in [3.63, 3.8) is 0 Å². The molecule has 7 heteroatoms. The maximum Gasteiger partial charge on any atom is 0.295 e. The number of aromatic nitrogens is 1. The first-order valence-electron chi connectivity index (χ1n) is 10.00. The number of furan rings is 1. The van der Waals surface area contributed by atoms with Crippen LogP contribution < -0.4 is 9.64 Å². The molecular weight excluding hydrogens is 400 g/mol. The topological polar surface area (TPSA) is 64.8 Å². The Hall–Kier alpha value is -2.90. The van der Waals surface area contributed by atoms with E-state index in [1.54, 1.807) is 18.1 Å². The van der Waals surface area contributed by atoms with Crippen molar-refractivity contribution < 1.29 is 18.7 Å². The second kappa shape index (κ2) is 7.74. The van der Waals surface area contributed by atoms with E-state index in [4.69, 9.17) is 18.9 Å². The smallest absolute Gasteiger partial charge is 0.295 e. The van der Waals surface area contributed by atoms with Crippen LogP contribution in [0.1, 0.15) is 29.0 Å². The van der Waals surface area contributed by atoms with Gasteiger partial charge >= 0.3 is 0 Å². The number of carbonyl (C=O) groups excluding carboxylic acids is 1. The van der Waals surface area contributed by atoms with Gasteiger partial charge in [0.25, 0.3) is 5.91 Å². The maximum absolute atomic E-state index is 13.6. The number of benzene rings is 2. The summed E-state index contributed by atoms with van der Waals surface area (Å²) in [6.45, 7) is 3.21. The molecule has 0 bridgehead atoms. The number of carbonyl (C=O) groups is 1. The molecule has 1 atom stereocenters. The zero-order valence-corrected chi connectivity index (χ0v) is 17.7. The van der Waals surface area contributed by atoms with Crippen LogP contribution in [-0.2, 0) is 4.74 Å². The summed E-state index contributed by atoms with van der Waals surface area (Å²) in [6, 6.07) is 13.4. The van der Waals surface area contributed by atoms with Crippen LogP contribution >= 0.6 is 11.3 Å². The van der Waals surface area contributed by atoms with E-state index in [2.05, 4.69) is 0 Å². The highest BCUT2D eigenvalue weighted by Gasteiger charge is 2.29. The van der Waals surface area contributed by atoms with Gasteiger partial charge in [0.1, 0.15) is 0 Å². The van der Waals surface area contributed by atoms with Crippen molar-refractivity contribution in [3.8, 4) is 5.75 Å². The van der Waals surface area contributed by atoms with Gasteiger partial charge in [0, 0.05) is 12.0 Å². The summed E-state index contributed by atoms with van der Waals surface area (Å²) in [5, 5.41) is 1.49. The Balaban J connectivity index is 1.56. The van der Waals surface area contributed by atoms with Crippen LogP contribution in [0.4, 0.5) is 5.13 Å². The molecule has 0 radical (unpaired) electrons. The van der Waals surface area contributed by atoms with E-state index in [0.717, 1.165) is 40.6 Å². The van der Waals surface area contributed by atoms with Gasteiger partial charge in [-0.1, -0.05) is 35.6 Å². The first-order valence-corrected chi connectivity index (χ1v) is 10.8. The van der Waals surface area contributed by atoms with Crippen LogP contribution in [0.15, 0.2) is 46.9 Å². The third-order valence-corrected chi connectivity index (χ3v) is 6.48. The van der Waals surface area contributed by atoms with Gasteiger partial charge in [0.15, 0.2) is 22.2 Å². The Morgan fingerprint density at radius 1 is 1.30 bits per heavy atom. The number of para-hydroxylation sites is 2. The molecule has 2 aromatic heterocycles. The average Bonchev–Trinajstić information content (AvgIpc) is 3.50. The molecule has 1 amide bonds. The first-order chi connectivity index (χ1) is 14.6. The van der Waals surface area contributed by atoms with Crippen molar-refractivity contribution in [2.75, 3.05) is 25.2 Å². The number of nitrogens with zero attached hydrogens (tertiary/aromatic N) is 2. The Morgan fingerprint density at radius 3 is 2.93 bits per heavy atom. The molecule has 154 valence electrons. The predicted molar refractivity (Wildman–Crippen MR) is 118 cm³/mol. The lowest BCUT2D eigenvalue weighted by atomic mass is 10.2. The summed E-state index contributed by atoms with van der Waals surface area (Å²) >= 11 is 1.51. The van der Waals surface area contributed by atoms with Crippen LogP contribution in [0.25, 0.3) is 21.2 Å². The highest BCUT2D eigenvalue weighted by atomic mass is 32.1. The van der Waals surface area contributed by atoms with Crippen molar-refractivity contribution in [2.45, 2.75) is 25.9 Å². The second-order valence-electron chi connectivity index (χ2n) is 7.46. The minimum absolute atomic E-state index is 0.000902. The molecule has 0 saturated carbocycles. The Kier molecular flexibility index (Phi) is 4.92. The van der Waals surface area contributed by atoms with Crippen LogP contribution in [0, 0.1) is 6.92 Å². The Labute approximate surface area is 178 Å². The number of hydrogen-bond acceptors (Lipinski definition) is 6. The van der Waals surface area contributed by atoms with Gasteiger partial charge in [-0.15, -0.1) is 0 Å². The third-order valence-electron chi connectivity index (χ3n) is 5.43. The van der Waals surface area contributed by atoms with E-state index >= 15 is 0 Å². The molecule has 1 saturated heterocycles. The molecule has 1 unspecified atom stereocenters. The van der Waals surface area contributed by atoms with Crippen molar-refractivity contribution in [3.05, 3.63) is 53.8 Å². The molecule has 6 nitrogen and oxygen atoms in total. The molecule has 30 heavy (non-hydrogen) atoms. The summed E-state index contributed by atoms with van der Waals surface area (Å²) in [5.74, 6) is 0.650. The predicted octanol–water partition coefficient (Wildman–Crippen LogP) is 5.19. The minimum Gasteiger partial charge on any atom is -0.493 e. The highest BCUT2D eigenvalue weighted by molar-refractivity contribution is 7.22. The number of hydrogen-bond donors (Lipinski definition) is 0. The minimum atomic E-state index is -0.222. The van der Waals surface area contributed by atoms with Crippen molar-refractivity contribution in [1.29, 1.82) is 0 Å². The van der Waals surface area contributed by atoms with Crippen molar-refractivity contribution in [1.82, 2.24) is 4.98 Å². The first kappa shape index (κ1) is 19.1. The Morgan fingerprint density at radius 2 is 2.17 bits per heavy atom. The number of anilines is 1. The number of ether oxygens (including phenoxy) is 2. The molecule has 4 aromatic rings. The van der Waals surface area contributed by atoms with Crippen molar-refractivity contribution in [2.24, 2.45) is 0 Å². The summed E-state index contributed by atoms with van der Waals surface area (Å²) in [5.41, 5.74) is 2.59.